The zero-order valence-corrected chi connectivity index (χ0v) is 21.4. The molecule has 34 heavy (non-hydrogen) atoms. The van der Waals surface area contributed by atoms with Gasteiger partial charge in [-0.3, -0.25) is 9.59 Å². The summed E-state index contributed by atoms with van der Waals surface area (Å²) in [6.07, 6.45) is 4.40. The van der Waals surface area contributed by atoms with E-state index >= 15 is 0 Å². The second-order valence-electron chi connectivity index (χ2n) is 10.2. The maximum Gasteiger partial charge on any atom is 0.408 e. The number of alkyl carbamates (subject to hydrolysis) is 1. The molecule has 0 saturated heterocycles. The summed E-state index contributed by atoms with van der Waals surface area (Å²) in [5, 5.41) is 15.5. The summed E-state index contributed by atoms with van der Waals surface area (Å²) < 4.78 is 5.27. The van der Waals surface area contributed by atoms with Crippen molar-refractivity contribution in [3.05, 3.63) is 34.9 Å². The third-order valence-corrected chi connectivity index (χ3v) is 5.96. The summed E-state index contributed by atoms with van der Waals surface area (Å²) in [6, 6.07) is 3.94. The van der Waals surface area contributed by atoms with E-state index in [1.807, 2.05) is 32.0 Å². The molecule has 0 radical (unpaired) electrons. The van der Waals surface area contributed by atoms with E-state index in [-0.39, 0.29) is 25.1 Å². The number of carbonyl (C=O) groups excluding carboxylic acids is 3. The minimum Gasteiger partial charge on any atom is -0.444 e. The Hall–Kier alpha value is -2.61. The normalized spacial score (nSPS) is 16.3. The SMILES string of the molecule is Cc1ccc(C(C(=O)NC2CCCCC2)N(CCO)C(=O)C(C)NC(=O)OC(C)(C)C)c(C)c1. The summed E-state index contributed by atoms with van der Waals surface area (Å²) in [4.78, 5) is 40.7. The molecule has 1 aliphatic rings. The molecule has 0 aliphatic heterocycles. The molecule has 2 atom stereocenters. The van der Waals surface area contributed by atoms with Crippen molar-refractivity contribution in [3.8, 4) is 0 Å². The fourth-order valence-electron chi connectivity index (χ4n) is 4.38. The van der Waals surface area contributed by atoms with Crippen molar-refractivity contribution >= 4 is 17.9 Å². The second kappa shape index (κ2) is 12.2. The molecule has 0 bridgehead atoms. The number of amides is 3. The average molecular weight is 476 g/mol. The molecular formula is C26H41N3O5. The molecule has 1 saturated carbocycles. The first-order chi connectivity index (χ1) is 15.9. The van der Waals surface area contributed by atoms with Crippen LogP contribution in [0.25, 0.3) is 0 Å². The first kappa shape index (κ1) is 27.6. The lowest BCUT2D eigenvalue weighted by Crippen LogP contribution is -2.53. The van der Waals surface area contributed by atoms with Gasteiger partial charge in [0.25, 0.3) is 0 Å². The minimum absolute atomic E-state index is 0.0464. The van der Waals surface area contributed by atoms with Crippen molar-refractivity contribution in [1.29, 1.82) is 0 Å². The molecule has 1 aromatic carbocycles. The lowest BCUT2D eigenvalue weighted by atomic mass is 9.93. The van der Waals surface area contributed by atoms with E-state index in [1.165, 1.54) is 4.90 Å². The highest BCUT2D eigenvalue weighted by Crippen LogP contribution is 2.27. The topological polar surface area (TPSA) is 108 Å². The number of nitrogens with zero attached hydrogens (tertiary/aromatic N) is 1. The van der Waals surface area contributed by atoms with Crippen LogP contribution in [0, 0.1) is 13.8 Å². The van der Waals surface area contributed by atoms with Gasteiger partial charge in [-0.1, -0.05) is 43.0 Å². The molecule has 190 valence electrons. The van der Waals surface area contributed by atoms with Gasteiger partial charge in [0, 0.05) is 12.6 Å². The number of hydrogen-bond donors (Lipinski definition) is 3. The summed E-state index contributed by atoms with van der Waals surface area (Å²) in [5.41, 5.74) is 1.92. The number of ether oxygens (including phenoxy) is 1. The maximum atomic E-state index is 13.6. The molecule has 3 amide bonds. The maximum absolute atomic E-state index is 13.6. The van der Waals surface area contributed by atoms with Crippen LogP contribution in [-0.2, 0) is 14.3 Å². The third-order valence-electron chi connectivity index (χ3n) is 5.96. The molecule has 1 aromatic rings. The van der Waals surface area contributed by atoms with Crippen LogP contribution < -0.4 is 10.6 Å². The predicted octanol–water partition coefficient (Wildman–Crippen LogP) is 3.53. The van der Waals surface area contributed by atoms with Crippen molar-refractivity contribution < 1.29 is 24.2 Å². The van der Waals surface area contributed by atoms with Gasteiger partial charge in [-0.25, -0.2) is 4.79 Å². The van der Waals surface area contributed by atoms with E-state index in [1.54, 1.807) is 27.7 Å². The number of benzene rings is 1. The molecule has 2 rings (SSSR count). The summed E-state index contributed by atoms with van der Waals surface area (Å²) >= 11 is 0. The molecule has 1 fully saturated rings. The Morgan fingerprint density at radius 2 is 1.79 bits per heavy atom. The average Bonchev–Trinajstić information content (AvgIpc) is 2.73. The molecular weight excluding hydrogens is 434 g/mol. The van der Waals surface area contributed by atoms with E-state index in [0.717, 1.165) is 43.2 Å². The number of rotatable bonds is 8. The van der Waals surface area contributed by atoms with Crippen molar-refractivity contribution in [2.45, 2.75) is 97.4 Å². The predicted molar refractivity (Wildman–Crippen MR) is 131 cm³/mol. The van der Waals surface area contributed by atoms with Gasteiger partial charge in [-0.2, -0.15) is 0 Å². The Kier molecular flexibility index (Phi) is 9.91. The van der Waals surface area contributed by atoms with E-state index in [9.17, 15) is 19.5 Å². The molecule has 0 spiro atoms. The van der Waals surface area contributed by atoms with E-state index in [0.29, 0.717) is 5.56 Å². The van der Waals surface area contributed by atoms with Crippen molar-refractivity contribution in [1.82, 2.24) is 15.5 Å². The van der Waals surface area contributed by atoms with Gasteiger partial charge in [-0.05, 0) is 65.5 Å². The largest absolute Gasteiger partial charge is 0.444 e. The number of aliphatic hydroxyl groups excluding tert-OH is 1. The Labute approximate surface area is 203 Å². The van der Waals surface area contributed by atoms with Crippen molar-refractivity contribution in [3.63, 3.8) is 0 Å². The monoisotopic (exact) mass is 475 g/mol. The quantitative estimate of drug-likeness (QED) is 0.533. The fourth-order valence-corrected chi connectivity index (χ4v) is 4.38. The standard InChI is InChI=1S/C26H41N3O5/c1-17-12-13-21(18(2)16-17)22(23(31)28-20-10-8-7-9-11-20)29(14-15-30)24(32)19(3)27-25(33)34-26(4,5)6/h12-13,16,19-20,22,30H,7-11,14-15H2,1-6H3,(H,27,33)(H,28,31). The highest BCUT2D eigenvalue weighted by Gasteiger charge is 2.36. The number of hydrogen-bond acceptors (Lipinski definition) is 5. The van der Waals surface area contributed by atoms with E-state index in [2.05, 4.69) is 10.6 Å². The molecule has 0 heterocycles. The van der Waals surface area contributed by atoms with Crippen LogP contribution in [0.3, 0.4) is 0 Å². The van der Waals surface area contributed by atoms with Gasteiger partial charge in [0.15, 0.2) is 0 Å². The van der Waals surface area contributed by atoms with Crippen LogP contribution in [0.15, 0.2) is 18.2 Å². The van der Waals surface area contributed by atoms with Crippen LogP contribution in [0.5, 0.6) is 0 Å². The molecule has 8 heteroatoms. The molecule has 8 nitrogen and oxygen atoms in total. The van der Waals surface area contributed by atoms with Gasteiger partial charge in [0.1, 0.15) is 17.7 Å². The zero-order chi connectivity index (χ0) is 25.5. The molecule has 0 aromatic heterocycles. The van der Waals surface area contributed by atoms with Crippen LogP contribution in [-0.4, -0.2) is 58.8 Å². The van der Waals surface area contributed by atoms with Crippen LogP contribution in [0.1, 0.15) is 82.5 Å². The van der Waals surface area contributed by atoms with Gasteiger partial charge >= 0.3 is 6.09 Å². The lowest BCUT2D eigenvalue weighted by Gasteiger charge is -2.35. The number of carbonyl (C=O) groups is 3. The Balaban J connectivity index is 2.35. The van der Waals surface area contributed by atoms with Gasteiger partial charge in [-0.15, -0.1) is 0 Å². The number of nitrogens with one attached hydrogen (secondary N) is 2. The van der Waals surface area contributed by atoms with Crippen molar-refractivity contribution in [2.24, 2.45) is 0 Å². The van der Waals surface area contributed by atoms with Gasteiger partial charge in [0.05, 0.1) is 6.61 Å². The molecule has 3 N–H and O–H groups in total. The van der Waals surface area contributed by atoms with E-state index in [4.69, 9.17) is 4.74 Å². The fraction of sp³-hybridized carbons (Fsp3) is 0.654. The Morgan fingerprint density at radius 3 is 2.35 bits per heavy atom. The summed E-state index contributed by atoms with van der Waals surface area (Å²) in [5.74, 6) is -0.742. The molecule has 2 unspecified atom stereocenters. The molecule has 1 aliphatic carbocycles. The van der Waals surface area contributed by atoms with Gasteiger partial charge < -0.3 is 25.4 Å². The second-order valence-corrected chi connectivity index (χ2v) is 10.2. The lowest BCUT2D eigenvalue weighted by molar-refractivity contribution is -0.143. The smallest absolute Gasteiger partial charge is 0.408 e. The Morgan fingerprint density at radius 1 is 1.15 bits per heavy atom. The van der Waals surface area contributed by atoms with E-state index < -0.39 is 29.7 Å². The number of aryl methyl sites for hydroxylation is 2. The first-order valence-electron chi connectivity index (χ1n) is 12.2. The minimum atomic E-state index is -0.947. The highest BCUT2D eigenvalue weighted by atomic mass is 16.6. The van der Waals surface area contributed by atoms with Crippen LogP contribution in [0.4, 0.5) is 4.79 Å². The van der Waals surface area contributed by atoms with Gasteiger partial charge in [0.2, 0.25) is 11.8 Å². The highest BCUT2D eigenvalue weighted by molar-refractivity contribution is 5.92. The summed E-state index contributed by atoms with van der Waals surface area (Å²) in [7, 11) is 0. The first-order valence-corrected chi connectivity index (χ1v) is 12.2. The van der Waals surface area contributed by atoms with Crippen LogP contribution in [0.2, 0.25) is 0 Å². The van der Waals surface area contributed by atoms with Crippen molar-refractivity contribution in [2.75, 3.05) is 13.2 Å². The van der Waals surface area contributed by atoms with Crippen LogP contribution >= 0.6 is 0 Å². The third kappa shape index (κ3) is 8.01. The number of aliphatic hydroxyl groups is 1. The zero-order valence-electron chi connectivity index (χ0n) is 21.4. The Bertz CT molecular complexity index is 858. The summed E-state index contributed by atoms with van der Waals surface area (Å²) in [6.45, 7) is 10.3.